The molecule has 0 bridgehead atoms. The van der Waals surface area contributed by atoms with Gasteiger partial charge < -0.3 is 15.5 Å². The molecular formula is C24H26N8O2S2. The zero-order chi connectivity index (χ0) is 24.9. The van der Waals surface area contributed by atoms with Crippen molar-refractivity contribution < 1.29 is 9.59 Å². The Morgan fingerprint density at radius 1 is 1.36 bits per heavy atom. The molecule has 186 valence electrons. The lowest BCUT2D eigenvalue weighted by molar-refractivity contribution is -0.131. The minimum absolute atomic E-state index is 0.0176. The fourth-order valence-corrected chi connectivity index (χ4v) is 8.26. The molecule has 1 aliphatic heterocycles. The molecule has 2 amide bonds. The largest absolute Gasteiger partial charge is 0.354 e. The van der Waals surface area contributed by atoms with E-state index in [9.17, 15) is 14.9 Å². The summed E-state index contributed by atoms with van der Waals surface area (Å²) in [5.41, 5.74) is 1.57. The summed E-state index contributed by atoms with van der Waals surface area (Å²) in [6, 6.07) is 6.34. The molecule has 2 aliphatic carbocycles. The highest BCUT2D eigenvalue weighted by Gasteiger charge is 2.54. The number of nitrogens with one attached hydrogen (secondary N) is 3. The van der Waals surface area contributed by atoms with E-state index >= 15 is 0 Å². The first-order chi connectivity index (χ1) is 17.6. The van der Waals surface area contributed by atoms with Crippen molar-refractivity contribution in [2.24, 2.45) is 5.92 Å². The van der Waals surface area contributed by atoms with Crippen LogP contribution in [0.2, 0.25) is 0 Å². The van der Waals surface area contributed by atoms with Crippen molar-refractivity contribution in [1.82, 2.24) is 36.2 Å². The molecule has 3 aliphatic rings. The van der Waals surface area contributed by atoms with Crippen LogP contribution >= 0.6 is 22.7 Å². The van der Waals surface area contributed by atoms with E-state index in [4.69, 9.17) is 0 Å². The number of fused-ring (bicyclic) bond motifs is 3. The highest BCUT2D eigenvalue weighted by Crippen LogP contribution is 2.50. The van der Waals surface area contributed by atoms with Gasteiger partial charge in [0.05, 0.1) is 22.9 Å². The Hall–Kier alpha value is -3.14. The summed E-state index contributed by atoms with van der Waals surface area (Å²) in [6.45, 7) is 0.711. The molecule has 36 heavy (non-hydrogen) atoms. The molecule has 0 radical (unpaired) electrons. The number of carbonyl (C=O) groups is 2. The molecule has 4 atom stereocenters. The summed E-state index contributed by atoms with van der Waals surface area (Å²) in [5.74, 6) is 0.930. The van der Waals surface area contributed by atoms with Crippen LogP contribution in [-0.2, 0) is 23.1 Å². The first-order valence-corrected chi connectivity index (χ1v) is 13.8. The molecule has 3 aromatic heterocycles. The van der Waals surface area contributed by atoms with Gasteiger partial charge in [0.15, 0.2) is 5.82 Å². The minimum Gasteiger partial charge on any atom is -0.354 e. The van der Waals surface area contributed by atoms with Crippen LogP contribution in [0.25, 0.3) is 0 Å². The molecule has 12 heteroatoms. The molecule has 0 spiro atoms. The van der Waals surface area contributed by atoms with Crippen molar-refractivity contribution in [1.29, 1.82) is 5.26 Å². The molecule has 4 heterocycles. The maximum Gasteiger partial charge on any atom is 0.261 e. The Kier molecular flexibility index (Phi) is 5.86. The molecule has 3 N–H and O–H groups in total. The first kappa shape index (κ1) is 23.3. The number of nitriles is 1. The van der Waals surface area contributed by atoms with Crippen LogP contribution in [-0.4, -0.2) is 69.6 Å². The summed E-state index contributed by atoms with van der Waals surface area (Å²) < 4.78 is 0. The molecule has 0 aromatic carbocycles. The molecule has 1 saturated heterocycles. The maximum atomic E-state index is 13.0. The van der Waals surface area contributed by atoms with Crippen LogP contribution in [0.4, 0.5) is 0 Å². The van der Waals surface area contributed by atoms with E-state index in [1.54, 1.807) is 23.3 Å². The zero-order valence-electron chi connectivity index (χ0n) is 19.8. The second kappa shape index (κ2) is 9.06. The van der Waals surface area contributed by atoms with Crippen LogP contribution < -0.4 is 10.6 Å². The number of hydrogen-bond acceptors (Lipinski definition) is 9. The minimum atomic E-state index is -0.689. The second-order valence-electron chi connectivity index (χ2n) is 9.61. The van der Waals surface area contributed by atoms with Gasteiger partial charge >= 0.3 is 0 Å². The molecule has 2 fully saturated rings. The number of thiophene rings is 2. The van der Waals surface area contributed by atoms with E-state index in [1.165, 1.54) is 16.2 Å². The number of H-pyrrole nitrogens is 1. The molecule has 3 aromatic rings. The lowest BCUT2D eigenvalue weighted by Crippen LogP contribution is -2.43. The van der Waals surface area contributed by atoms with Crippen LogP contribution in [0, 0.1) is 17.2 Å². The van der Waals surface area contributed by atoms with E-state index < -0.39 is 5.41 Å². The molecule has 2 unspecified atom stereocenters. The third kappa shape index (κ3) is 3.65. The number of rotatable bonds is 7. The predicted octanol–water partition coefficient (Wildman–Crippen LogP) is 1.61. The maximum absolute atomic E-state index is 13.0. The van der Waals surface area contributed by atoms with E-state index in [0.29, 0.717) is 29.6 Å². The topological polar surface area (TPSA) is 140 Å². The van der Waals surface area contributed by atoms with Gasteiger partial charge in [0.1, 0.15) is 6.04 Å². The van der Waals surface area contributed by atoms with Gasteiger partial charge in [-0.25, -0.2) is 0 Å². The van der Waals surface area contributed by atoms with E-state index in [0.717, 1.165) is 41.7 Å². The smallest absolute Gasteiger partial charge is 0.261 e. The first-order valence-electron chi connectivity index (χ1n) is 12.1. The Bertz CT molecular complexity index is 1340. The summed E-state index contributed by atoms with van der Waals surface area (Å²) in [6.07, 6.45) is 4.11. The fourth-order valence-electron chi connectivity index (χ4n) is 5.91. The fraction of sp³-hybridized carbons (Fsp3) is 0.500. The predicted molar refractivity (Wildman–Crippen MR) is 134 cm³/mol. The number of likely N-dealkylation sites (tertiary alicyclic amines) is 1. The quantitative estimate of drug-likeness (QED) is 0.401. The van der Waals surface area contributed by atoms with Crippen molar-refractivity contribution in [3.05, 3.63) is 49.1 Å². The monoisotopic (exact) mass is 522 g/mol. The lowest BCUT2D eigenvalue weighted by Gasteiger charge is -2.31. The third-order valence-electron chi connectivity index (χ3n) is 7.70. The van der Waals surface area contributed by atoms with Crippen LogP contribution in [0.15, 0.2) is 17.5 Å². The number of hydrogen-bond donors (Lipinski definition) is 3. The number of piperidine rings is 1. The van der Waals surface area contributed by atoms with Crippen LogP contribution in [0.1, 0.15) is 55.6 Å². The third-order valence-corrected chi connectivity index (χ3v) is 10.0. The highest BCUT2D eigenvalue weighted by molar-refractivity contribution is 7.14. The summed E-state index contributed by atoms with van der Waals surface area (Å²) in [5, 5.41) is 33.0. The standard InChI is InChI=1S/C24H26N8O2S2/c1-26-22(34)19-10-13-2-3-18-16(4-7-35-18)24(21(13)36-19,23-28-30-31-29-23)5-6-27-12-20(33)32-15(11-25)8-14-9-17(14)32/h4,7,10,14-15,17,27H,2-3,5-6,8-9,12H2,1H3,(H,26,34)(H,28,29,30,31)/t14-,15?,17+,24?/m1/s1. The normalized spacial score (nSPS) is 25.9. The Balaban J connectivity index is 1.30. The number of aromatic amines is 1. The molecule has 1 saturated carbocycles. The Morgan fingerprint density at radius 3 is 3.03 bits per heavy atom. The van der Waals surface area contributed by atoms with E-state index in [-0.39, 0.29) is 30.4 Å². The van der Waals surface area contributed by atoms with Gasteiger partial charge in [0.25, 0.3) is 5.91 Å². The Morgan fingerprint density at radius 2 is 2.25 bits per heavy atom. The van der Waals surface area contributed by atoms with Crippen molar-refractivity contribution in [3.63, 3.8) is 0 Å². The van der Waals surface area contributed by atoms with E-state index in [2.05, 4.69) is 48.8 Å². The molecule has 10 nitrogen and oxygen atoms in total. The van der Waals surface area contributed by atoms with Crippen molar-refractivity contribution in [3.8, 4) is 6.07 Å². The van der Waals surface area contributed by atoms with Crippen molar-refractivity contribution in [2.75, 3.05) is 20.1 Å². The number of aromatic nitrogens is 4. The number of nitrogens with zero attached hydrogens (tertiary/aromatic N) is 5. The van der Waals surface area contributed by atoms with Gasteiger partial charge in [-0.2, -0.15) is 10.5 Å². The zero-order valence-corrected chi connectivity index (χ0v) is 21.4. The van der Waals surface area contributed by atoms with E-state index in [1.807, 2.05) is 6.07 Å². The van der Waals surface area contributed by atoms with Gasteiger partial charge in [-0.05, 0) is 73.2 Å². The van der Waals surface area contributed by atoms with Crippen LogP contribution in [0.3, 0.4) is 0 Å². The average molecular weight is 523 g/mol. The lowest BCUT2D eigenvalue weighted by atomic mass is 9.75. The average Bonchev–Trinajstić information content (AvgIpc) is 3.41. The Labute approximate surface area is 216 Å². The van der Waals surface area contributed by atoms with Crippen LogP contribution in [0.5, 0.6) is 0 Å². The second-order valence-corrected chi connectivity index (χ2v) is 11.7. The molecule has 6 rings (SSSR count). The SMILES string of the molecule is CNC(=O)c1cc2c(s1)C(CCNCC(=O)N1C(C#N)C[C@@H]3C[C@@H]31)(c1nn[nH]n1)c1ccsc1CC2. The van der Waals surface area contributed by atoms with Gasteiger partial charge in [0.2, 0.25) is 5.91 Å². The summed E-state index contributed by atoms with van der Waals surface area (Å²) >= 11 is 3.20. The number of carbonyl (C=O) groups excluding carboxylic acids is 2. The number of aryl methyl sites for hydroxylation is 2. The highest BCUT2D eigenvalue weighted by atomic mass is 32.1. The summed E-state index contributed by atoms with van der Waals surface area (Å²) in [4.78, 5) is 30.3. The van der Waals surface area contributed by atoms with Gasteiger partial charge in [-0.3, -0.25) is 9.59 Å². The van der Waals surface area contributed by atoms with Crippen molar-refractivity contribution in [2.45, 2.75) is 49.6 Å². The number of tetrazole rings is 1. The van der Waals surface area contributed by atoms with Gasteiger partial charge in [-0.15, -0.1) is 32.9 Å². The molecular weight excluding hydrogens is 496 g/mol. The van der Waals surface area contributed by atoms with Crippen molar-refractivity contribution >= 4 is 34.5 Å². The number of amides is 2. The van der Waals surface area contributed by atoms with Gasteiger partial charge in [-0.1, -0.05) is 5.21 Å². The van der Waals surface area contributed by atoms with Gasteiger partial charge in [0, 0.05) is 22.8 Å². The summed E-state index contributed by atoms with van der Waals surface area (Å²) in [7, 11) is 1.64.